The molecule has 1 saturated carbocycles. The number of hydrogen-bond acceptors (Lipinski definition) is 6. The lowest BCUT2D eigenvalue weighted by Crippen LogP contribution is -2.38. The summed E-state index contributed by atoms with van der Waals surface area (Å²) in [5, 5.41) is 12.7. The number of para-hydroxylation sites is 2. The molecule has 3 N–H and O–H groups in total. The van der Waals surface area contributed by atoms with Crippen LogP contribution in [0.4, 0.5) is 0 Å². The predicted octanol–water partition coefficient (Wildman–Crippen LogP) is 7.66. The minimum absolute atomic E-state index is 0.0707. The van der Waals surface area contributed by atoms with Gasteiger partial charge in [-0.3, -0.25) is 14.2 Å². The Morgan fingerprint density at radius 3 is 2.14 bits per heavy atom. The normalized spacial score (nSPS) is 15.4. The topological polar surface area (TPSA) is 104 Å². The molecule has 7 nitrogen and oxygen atoms in total. The van der Waals surface area contributed by atoms with E-state index in [-0.39, 0.29) is 24.9 Å². The number of nitrogens with two attached hydrogens (primary N) is 1. The van der Waals surface area contributed by atoms with Gasteiger partial charge < -0.3 is 20.3 Å². The number of carbonyl (C=O) groups is 2. The van der Waals surface area contributed by atoms with Crippen molar-refractivity contribution in [2.24, 2.45) is 17.6 Å². The Balaban J connectivity index is 1.22. The van der Waals surface area contributed by atoms with E-state index in [1.165, 1.54) is 0 Å². The highest BCUT2D eigenvalue weighted by Crippen LogP contribution is 2.34. The molecule has 0 amide bonds. The van der Waals surface area contributed by atoms with Crippen molar-refractivity contribution >= 4 is 22.8 Å². The van der Waals surface area contributed by atoms with Crippen molar-refractivity contribution in [2.75, 3.05) is 0 Å². The molecule has 1 fully saturated rings. The molecule has 1 aromatic heterocycles. The maximum Gasteiger partial charge on any atom is 0.323 e. The maximum absolute atomic E-state index is 14.6. The molecule has 3 unspecified atom stereocenters. The summed E-state index contributed by atoms with van der Waals surface area (Å²) in [6.07, 6.45) is 7.41. The lowest BCUT2D eigenvalue weighted by Gasteiger charge is -2.32. The first-order chi connectivity index (χ1) is 24.0. The first-order valence-electron chi connectivity index (χ1n) is 17.5. The number of aliphatic hydroxyl groups is 1. The summed E-state index contributed by atoms with van der Waals surface area (Å²) in [7, 11) is 0. The molecule has 5 aromatic rings. The molecule has 4 aromatic carbocycles. The zero-order valence-electron chi connectivity index (χ0n) is 28.0. The summed E-state index contributed by atoms with van der Waals surface area (Å²) in [6, 6.07) is 34.3. The van der Waals surface area contributed by atoms with E-state index in [0.717, 1.165) is 71.0 Å². The van der Waals surface area contributed by atoms with Gasteiger partial charge in [0.2, 0.25) is 5.91 Å². The molecule has 3 atom stereocenters. The van der Waals surface area contributed by atoms with Crippen LogP contribution < -0.4 is 10.5 Å². The molecule has 7 heteroatoms. The molecule has 1 aliphatic rings. The Kier molecular flexibility index (Phi) is 11.6. The lowest BCUT2D eigenvalue weighted by atomic mass is 9.78. The second kappa shape index (κ2) is 16.6. The van der Waals surface area contributed by atoms with Gasteiger partial charge in [0.25, 0.3) is 0 Å². The SMILES string of the molecule is NC(Cc1cn(C(=O)C(CCc2ccccc2OCc2ccccc2)C(O)C2CCCCC2)c2ccccc12)C(=O)OCc1ccccc1. The van der Waals surface area contributed by atoms with Gasteiger partial charge in [-0.1, -0.05) is 116 Å². The number of hydrogen-bond donors (Lipinski definition) is 2. The first-order valence-corrected chi connectivity index (χ1v) is 17.5. The minimum atomic E-state index is -0.894. The van der Waals surface area contributed by atoms with Crippen molar-refractivity contribution in [3.63, 3.8) is 0 Å². The molecule has 254 valence electrons. The van der Waals surface area contributed by atoms with Crippen LogP contribution in [0.25, 0.3) is 10.9 Å². The van der Waals surface area contributed by atoms with Crippen LogP contribution >= 0.6 is 0 Å². The second-order valence-corrected chi connectivity index (χ2v) is 13.2. The number of carbonyl (C=O) groups excluding carboxylic acids is 2. The standard InChI is InChI=1S/C42H46N2O5/c43-37(42(47)49-29-31-16-6-2-7-17-31)26-34-27-44(38-22-12-11-21-35(34)38)41(46)36(40(45)33-19-8-3-9-20-33)25-24-32-18-10-13-23-39(32)48-28-30-14-4-1-5-15-30/h1-2,4-7,10-18,21-23,27,33,36-37,40,45H,3,8-9,19-20,24-26,28-29,43H2. The van der Waals surface area contributed by atoms with Gasteiger partial charge in [0.15, 0.2) is 0 Å². The Labute approximate surface area is 288 Å². The van der Waals surface area contributed by atoms with Crippen LogP contribution in [0.15, 0.2) is 115 Å². The van der Waals surface area contributed by atoms with Gasteiger partial charge in [0.05, 0.1) is 17.5 Å². The number of aliphatic hydroxyl groups excluding tert-OH is 1. The van der Waals surface area contributed by atoms with Gasteiger partial charge in [-0.05, 0) is 66.0 Å². The molecule has 0 aliphatic heterocycles. The minimum Gasteiger partial charge on any atom is -0.489 e. The summed E-state index contributed by atoms with van der Waals surface area (Å²) in [5.41, 5.74) is 10.9. The Bertz CT molecular complexity index is 1810. The number of aryl methyl sites for hydroxylation is 1. The average Bonchev–Trinajstić information content (AvgIpc) is 3.52. The Morgan fingerprint density at radius 1 is 0.776 bits per heavy atom. The maximum atomic E-state index is 14.6. The average molecular weight is 659 g/mol. The quantitative estimate of drug-likeness (QED) is 0.119. The fourth-order valence-corrected chi connectivity index (χ4v) is 7.07. The van der Waals surface area contributed by atoms with E-state index >= 15 is 0 Å². The van der Waals surface area contributed by atoms with Crippen molar-refractivity contribution in [2.45, 2.75) is 76.7 Å². The van der Waals surface area contributed by atoms with E-state index in [0.29, 0.717) is 19.4 Å². The van der Waals surface area contributed by atoms with Gasteiger partial charge >= 0.3 is 5.97 Å². The molecule has 1 aliphatic carbocycles. The largest absolute Gasteiger partial charge is 0.489 e. The van der Waals surface area contributed by atoms with Crippen LogP contribution in [0, 0.1) is 11.8 Å². The van der Waals surface area contributed by atoms with Crippen molar-refractivity contribution < 1.29 is 24.2 Å². The van der Waals surface area contributed by atoms with Crippen molar-refractivity contribution in [1.29, 1.82) is 0 Å². The lowest BCUT2D eigenvalue weighted by molar-refractivity contribution is -0.146. The highest BCUT2D eigenvalue weighted by Gasteiger charge is 2.35. The molecule has 0 saturated heterocycles. The van der Waals surface area contributed by atoms with E-state index in [4.69, 9.17) is 15.2 Å². The number of benzene rings is 4. The second-order valence-electron chi connectivity index (χ2n) is 13.2. The van der Waals surface area contributed by atoms with Gasteiger partial charge in [0, 0.05) is 18.0 Å². The smallest absolute Gasteiger partial charge is 0.323 e. The van der Waals surface area contributed by atoms with Crippen LogP contribution in [0.2, 0.25) is 0 Å². The third-order valence-electron chi connectivity index (χ3n) is 9.80. The Morgan fingerprint density at radius 2 is 1.41 bits per heavy atom. The van der Waals surface area contributed by atoms with Gasteiger partial charge in [-0.25, -0.2) is 0 Å². The van der Waals surface area contributed by atoms with Crippen molar-refractivity contribution in [3.05, 3.63) is 138 Å². The number of nitrogens with zero attached hydrogens (tertiary/aromatic N) is 1. The van der Waals surface area contributed by atoms with E-state index in [2.05, 4.69) is 0 Å². The van der Waals surface area contributed by atoms with Crippen molar-refractivity contribution in [3.8, 4) is 5.75 Å². The molecule has 1 heterocycles. The van der Waals surface area contributed by atoms with Crippen LogP contribution in [-0.4, -0.2) is 33.7 Å². The fraction of sp³-hybridized carbons (Fsp3) is 0.333. The third kappa shape index (κ3) is 8.66. The molecule has 49 heavy (non-hydrogen) atoms. The Hall–Kier alpha value is -4.72. The monoisotopic (exact) mass is 658 g/mol. The zero-order valence-corrected chi connectivity index (χ0v) is 28.0. The summed E-state index contributed by atoms with van der Waals surface area (Å²) in [4.78, 5) is 27.5. The predicted molar refractivity (Wildman–Crippen MR) is 192 cm³/mol. The zero-order chi connectivity index (χ0) is 34.0. The van der Waals surface area contributed by atoms with Crippen LogP contribution in [0.3, 0.4) is 0 Å². The molecule has 0 spiro atoms. The molecular formula is C42H46N2O5. The number of rotatable bonds is 14. The van der Waals surface area contributed by atoms with Crippen LogP contribution in [-0.2, 0) is 35.6 Å². The summed E-state index contributed by atoms with van der Waals surface area (Å²) < 4.78 is 13.4. The summed E-state index contributed by atoms with van der Waals surface area (Å²) in [5.74, 6) is -0.416. The third-order valence-corrected chi connectivity index (χ3v) is 9.80. The summed E-state index contributed by atoms with van der Waals surface area (Å²) >= 11 is 0. The van der Waals surface area contributed by atoms with E-state index in [1.807, 2.05) is 109 Å². The molecular weight excluding hydrogens is 612 g/mol. The number of fused-ring (bicyclic) bond motifs is 1. The molecule has 6 rings (SSSR count). The number of esters is 1. The van der Waals surface area contributed by atoms with Gasteiger partial charge in [-0.2, -0.15) is 0 Å². The molecule has 0 bridgehead atoms. The van der Waals surface area contributed by atoms with E-state index < -0.39 is 24.0 Å². The number of ether oxygens (including phenoxy) is 2. The first kappa shape index (κ1) is 34.2. The van der Waals surface area contributed by atoms with Crippen molar-refractivity contribution in [1.82, 2.24) is 4.57 Å². The highest BCUT2D eigenvalue weighted by atomic mass is 16.5. The van der Waals surface area contributed by atoms with Crippen LogP contribution in [0.5, 0.6) is 5.75 Å². The van der Waals surface area contributed by atoms with E-state index in [9.17, 15) is 14.7 Å². The van der Waals surface area contributed by atoms with Gasteiger partial charge in [0.1, 0.15) is 25.0 Å². The number of aromatic nitrogens is 1. The molecule has 0 radical (unpaired) electrons. The van der Waals surface area contributed by atoms with Crippen LogP contribution in [0.1, 0.15) is 65.6 Å². The summed E-state index contributed by atoms with van der Waals surface area (Å²) in [6.45, 7) is 0.597. The van der Waals surface area contributed by atoms with Gasteiger partial charge in [-0.15, -0.1) is 0 Å². The van der Waals surface area contributed by atoms with E-state index in [1.54, 1.807) is 10.8 Å². The fourth-order valence-electron chi connectivity index (χ4n) is 7.07. The highest BCUT2D eigenvalue weighted by molar-refractivity contribution is 5.96.